The molecule has 0 saturated carbocycles. The van der Waals surface area contributed by atoms with Crippen LogP contribution in [0.2, 0.25) is 0 Å². The monoisotopic (exact) mass is 303 g/mol. The largest absolute Gasteiger partial charge is 0.348 e. The molecule has 0 aromatic heterocycles. The maximum Gasteiger partial charge on any atom is 0.329 e. The van der Waals surface area contributed by atoms with Gasteiger partial charge >= 0.3 is 11.8 Å². The lowest BCUT2D eigenvalue weighted by molar-refractivity contribution is -0.139. The van der Waals surface area contributed by atoms with Crippen LogP contribution in [0, 0.1) is 5.92 Å². The zero-order valence-corrected chi connectivity index (χ0v) is 13.9. The molecular weight excluding hydrogens is 278 g/mol. The van der Waals surface area contributed by atoms with Crippen LogP contribution in [0.5, 0.6) is 0 Å². The van der Waals surface area contributed by atoms with Gasteiger partial charge in [0.2, 0.25) is 0 Å². The molecule has 0 unspecified atom stereocenters. The molecule has 1 rings (SSSR count). The Hall–Kier alpha value is -2.17. The van der Waals surface area contributed by atoms with Gasteiger partial charge in [-0.2, -0.15) is 5.10 Å². The number of hydrogen-bond acceptors (Lipinski definition) is 3. The summed E-state index contributed by atoms with van der Waals surface area (Å²) in [5, 5.41) is 6.33. The van der Waals surface area contributed by atoms with Crippen molar-refractivity contribution >= 4 is 18.0 Å². The van der Waals surface area contributed by atoms with E-state index in [1.807, 2.05) is 38.1 Å². The van der Waals surface area contributed by atoms with Gasteiger partial charge in [-0.05, 0) is 22.5 Å². The third kappa shape index (κ3) is 6.08. The SMILES string of the molecule is CC(C)CNC(=O)C(=O)N/N=C\c1ccc(C(C)(C)C)cc1. The number of rotatable bonds is 4. The maximum absolute atomic E-state index is 11.5. The lowest BCUT2D eigenvalue weighted by Gasteiger charge is -2.18. The Morgan fingerprint density at radius 3 is 2.23 bits per heavy atom. The Labute approximate surface area is 132 Å². The molecule has 0 heterocycles. The van der Waals surface area contributed by atoms with E-state index >= 15 is 0 Å². The molecule has 0 bridgehead atoms. The number of nitrogens with zero attached hydrogens (tertiary/aromatic N) is 1. The molecule has 1 aromatic carbocycles. The van der Waals surface area contributed by atoms with Gasteiger partial charge in [0.15, 0.2) is 0 Å². The first-order valence-corrected chi connectivity index (χ1v) is 7.42. The van der Waals surface area contributed by atoms with Crippen molar-refractivity contribution in [1.82, 2.24) is 10.7 Å². The minimum absolute atomic E-state index is 0.0956. The summed E-state index contributed by atoms with van der Waals surface area (Å²) in [6.07, 6.45) is 1.51. The highest BCUT2D eigenvalue weighted by molar-refractivity contribution is 6.35. The summed E-state index contributed by atoms with van der Waals surface area (Å²) in [6, 6.07) is 7.90. The van der Waals surface area contributed by atoms with E-state index in [4.69, 9.17) is 0 Å². The second kappa shape index (κ2) is 7.73. The van der Waals surface area contributed by atoms with Crippen LogP contribution in [0.4, 0.5) is 0 Å². The molecule has 2 amide bonds. The predicted octanol–water partition coefficient (Wildman–Crippen LogP) is 2.21. The molecule has 0 atom stereocenters. The third-order valence-corrected chi connectivity index (χ3v) is 3.03. The van der Waals surface area contributed by atoms with Crippen LogP contribution in [-0.4, -0.2) is 24.6 Å². The van der Waals surface area contributed by atoms with E-state index in [1.165, 1.54) is 11.8 Å². The van der Waals surface area contributed by atoms with E-state index in [-0.39, 0.29) is 5.41 Å². The van der Waals surface area contributed by atoms with Crippen molar-refractivity contribution in [2.75, 3.05) is 6.54 Å². The van der Waals surface area contributed by atoms with Crippen molar-refractivity contribution in [1.29, 1.82) is 0 Å². The smallest absolute Gasteiger partial charge is 0.329 e. The summed E-state index contributed by atoms with van der Waals surface area (Å²) < 4.78 is 0. The topological polar surface area (TPSA) is 70.6 Å². The van der Waals surface area contributed by atoms with E-state index < -0.39 is 11.8 Å². The Morgan fingerprint density at radius 1 is 1.14 bits per heavy atom. The lowest BCUT2D eigenvalue weighted by Crippen LogP contribution is -2.39. The van der Waals surface area contributed by atoms with Gasteiger partial charge in [-0.3, -0.25) is 9.59 Å². The van der Waals surface area contributed by atoms with Crippen LogP contribution in [0.1, 0.15) is 45.7 Å². The standard InChI is InChI=1S/C17H25N3O2/c1-12(2)10-18-15(21)16(22)20-19-11-13-6-8-14(9-7-13)17(3,4)5/h6-9,11-12H,10H2,1-5H3,(H,18,21)(H,20,22)/b19-11-. The van der Waals surface area contributed by atoms with Crippen molar-refractivity contribution < 1.29 is 9.59 Å². The van der Waals surface area contributed by atoms with Crippen molar-refractivity contribution in [3.8, 4) is 0 Å². The minimum Gasteiger partial charge on any atom is -0.348 e. The highest BCUT2D eigenvalue weighted by Gasteiger charge is 2.13. The molecule has 1 aromatic rings. The predicted molar refractivity (Wildman–Crippen MR) is 88.7 cm³/mol. The number of carbonyl (C=O) groups excluding carboxylic acids is 2. The minimum atomic E-state index is -0.761. The van der Waals surface area contributed by atoms with Crippen molar-refractivity contribution in [3.05, 3.63) is 35.4 Å². The fourth-order valence-electron chi connectivity index (χ4n) is 1.66. The van der Waals surface area contributed by atoms with Crippen LogP contribution in [0.15, 0.2) is 29.4 Å². The average Bonchev–Trinajstić information content (AvgIpc) is 2.44. The van der Waals surface area contributed by atoms with Crippen LogP contribution in [0.3, 0.4) is 0 Å². The van der Waals surface area contributed by atoms with Gasteiger partial charge in [-0.25, -0.2) is 5.43 Å². The van der Waals surface area contributed by atoms with E-state index in [2.05, 4.69) is 36.6 Å². The number of amides is 2. The average molecular weight is 303 g/mol. The molecule has 0 radical (unpaired) electrons. The van der Waals surface area contributed by atoms with Crippen LogP contribution in [0.25, 0.3) is 0 Å². The molecule has 5 nitrogen and oxygen atoms in total. The summed E-state index contributed by atoms with van der Waals surface area (Å²) in [5.41, 5.74) is 4.39. The normalized spacial score (nSPS) is 11.7. The molecule has 2 N–H and O–H groups in total. The molecule has 120 valence electrons. The summed E-state index contributed by atoms with van der Waals surface area (Å²) >= 11 is 0. The maximum atomic E-state index is 11.5. The van der Waals surface area contributed by atoms with Gasteiger partial charge in [-0.1, -0.05) is 58.9 Å². The Balaban J connectivity index is 2.52. The van der Waals surface area contributed by atoms with Crippen molar-refractivity contribution in [2.45, 2.75) is 40.0 Å². The number of nitrogens with one attached hydrogen (secondary N) is 2. The summed E-state index contributed by atoms with van der Waals surface area (Å²) in [6.45, 7) is 10.8. The second-order valence-electron chi connectivity index (χ2n) is 6.68. The van der Waals surface area contributed by atoms with E-state index in [9.17, 15) is 9.59 Å². The van der Waals surface area contributed by atoms with E-state index in [0.717, 1.165) is 5.56 Å². The zero-order valence-electron chi connectivity index (χ0n) is 13.9. The van der Waals surface area contributed by atoms with Crippen LogP contribution < -0.4 is 10.7 Å². The fraction of sp³-hybridized carbons (Fsp3) is 0.471. The third-order valence-electron chi connectivity index (χ3n) is 3.03. The number of carbonyl (C=O) groups is 2. The van der Waals surface area contributed by atoms with Gasteiger partial charge < -0.3 is 5.32 Å². The van der Waals surface area contributed by atoms with Gasteiger partial charge in [0.25, 0.3) is 0 Å². The molecule has 0 fully saturated rings. The molecule has 0 aliphatic heterocycles. The molecule has 0 saturated heterocycles. The molecule has 0 aliphatic rings. The molecule has 5 heteroatoms. The van der Waals surface area contributed by atoms with Gasteiger partial charge in [-0.15, -0.1) is 0 Å². The first-order valence-electron chi connectivity index (χ1n) is 7.42. The first-order chi connectivity index (χ1) is 10.2. The summed E-state index contributed by atoms with van der Waals surface area (Å²) in [4.78, 5) is 22.9. The van der Waals surface area contributed by atoms with Gasteiger partial charge in [0, 0.05) is 6.54 Å². The number of hydrazone groups is 1. The summed E-state index contributed by atoms with van der Waals surface area (Å²) in [7, 11) is 0. The highest BCUT2D eigenvalue weighted by Crippen LogP contribution is 2.21. The van der Waals surface area contributed by atoms with Gasteiger partial charge in [0.1, 0.15) is 0 Å². The quantitative estimate of drug-likeness (QED) is 0.508. The van der Waals surface area contributed by atoms with E-state index in [0.29, 0.717) is 12.5 Å². The first kappa shape index (κ1) is 17.9. The van der Waals surface area contributed by atoms with Crippen molar-refractivity contribution in [3.63, 3.8) is 0 Å². The highest BCUT2D eigenvalue weighted by atomic mass is 16.2. The fourth-order valence-corrected chi connectivity index (χ4v) is 1.66. The molecule has 0 spiro atoms. The Kier molecular flexibility index (Phi) is 6.28. The van der Waals surface area contributed by atoms with Crippen LogP contribution in [-0.2, 0) is 15.0 Å². The molecule has 22 heavy (non-hydrogen) atoms. The number of hydrogen-bond donors (Lipinski definition) is 2. The lowest BCUT2D eigenvalue weighted by atomic mass is 9.87. The molecular formula is C17H25N3O2. The van der Waals surface area contributed by atoms with Crippen molar-refractivity contribution in [2.24, 2.45) is 11.0 Å². The summed E-state index contributed by atoms with van der Waals surface area (Å²) in [5.74, 6) is -1.14. The second-order valence-corrected chi connectivity index (χ2v) is 6.68. The molecule has 0 aliphatic carbocycles. The Bertz CT molecular complexity index is 540. The van der Waals surface area contributed by atoms with Gasteiger partial charge in [0.05, 0.1) is 6.21 Å². The van der Waals surface area contributed by atoms with Crippen LogP contribution >= 0.6 is 0 Å². The Morgan fingerprint density at radius 2 is 1.73 bits per heavy atom. The zero-order chi connectivity index (χ0) is 16.8. The van der Waals surface area contributed by atoms with E-state index in [1.54, 1.807) is 0 Å². The number of benzene rings is 1.